The number of benzene rings is 1. The van der Waals surface area contributed by atoms with Gasteiger partial charge in [0.05, 0.1) is 0 Å². The molecule has 0 bridgehead atoms. The van der Waals surface area contributed by atoms with Crippen molar-refractivity contribution >= 4 is 12.4 Å². The highest BCUT2D eigenvalue weighted by Crippen LogP contribution is 2.24. The van der Waals surface area contributed by atoms with Crippen LogP contribution in [-0.2, 0) is 0 Å². The van der Waals surface area contributed by atoms with Crippen molar-refractivity contribution in [3.8, 4) is 0 Å². The molecule has 0 saturated carbocycles. The highest BCUT2D eigenvalue weighted by Gasteiger charge is 2.20. The molecular formula is C9H11ClFN. The van der Waals surface area contributed by atoms with E-state index in [2.05, 4.69) is 5.32 Å². The fourth-order valence-electron chi connectivity index (χ4n) is 1.31. The third-order valence-electron chi connectivity index (χ3n) is 2.10. The van der Waals surface area contributed by atoms with E-state index in [1.54, 1.807) is 6.07 Å². The SMILES string of the molecule is Cl.Fc1ccccc1[C@@H]1CCN1. The number of hydrogen-bond acceptors (Lipinski definition) is 1. The summed E-state index contributed by atoms with van der Waals surface area (Å²) in [7, 11) is 0. The van der Waals surface area contributed by atoms with Crippen LogP contribution in [0.3, 0.4) is 0 Å². The maximum atomic E-state index is 13.0. The zero-order valence-electron chi connectivity index (χ0n) is 6.59. The summed E-state index contributed by atoms with van der Waals surface area (Å²) in [6.07, 6.45) is 1.06. The molecule has 1 nitrogen and oxygen atoms in total. The molecule has 1 aromatic rings. The van der Waals surface area contributed by atoms with Gasteiger partial charge in [0.25, 0.3) is 0 Å². The Labute approximate surface area is 77.4 Å². The van der Waals surface area contributed by atoms with E-state index in [1.165, 1.54) is 6.07 Å². The molecule has 0 unspecified atom stereocenters. The minimum absolute atomic E-state index is 0. The molecule has 0 spiro atoms. The van der Waals surface area contributed by atoms with Crippen molar-refractivity contribution in [2.45, 2.75) is 12.5 Å². The predicted molar refractivity (Wildman–Crippen MR) is 49.0 cm³/mol. The molecule has 1 aromatic carbocycles. The molecule has 1 N–H and O–H groups in total. The van der Waals surface area contributed by atoms with Gasteiger partial charge in [-0.1, -0.05) is 18.2 Å². The lowest BCUT2D eigenvalue weighted by Crippen LogP contribution is -2.35. The number of halogens is 2. The smallest absolute Gasteiger partial charge is 0.127 e. The molecule has 1 atom stereocenters. The Kier molecular flexibility index (Phi) is 3.06. The van der Waals surface area contributed by atoms with Crippen LogP contribution in [0.5, 0.6) is 0 Å². The first kappa shape index (κ1) is 9.49. The zero-order chi connectivity index (χ0) is 7.68. The first-order chi connectivity index (χ1) is 5.38. The summed E-state index contributed by atoms with van der Waals surface area (Å²) in [5.41, 5.74) is 0.804. The summed E-state index contributed by atoms with van der Waals surface area (Å²) < 4.78 is 13.0. The van der Waals surface area contributed by atoms with Gasteiger partial charge < -0.3 is 5.32 Å². The lowest BCUT2D eigenvalue weighted by Gasteiger charge is -2.28. The fourth-order valence-corrected chi connectivity index (χ4v) is 1.31. The second kappa shape index (κ2) is 3.87. The lowest BCUT2D eigenvalue weighted by atomic mass is 9.98. The van der Waals surface area contributed by atoms with Gasteiger partial charge in [0, 0.05) is 11.6 Å². The van der Waals surface area contributed by atoms with Crippen molar-refractivity contribution in [1.82, 2.24) is 5.32 Å². The summed E-state index contributed by atoms with van der Waals surface area (Å²) in [5.74, 6) is -0.0929. The van der Waals surface area contributed by atoms with Crippen LogP contribution >= 0.6 is 12.4 Å². The molecule has 12 heavy (non-hydrogen) atoms. The van der Waals surface area contributed by atoms with E-state index < -0.39 is 0 Å². The molecule has 1 saturated heterocycles. The van der Waals surface area contributed by atoms with E-state index in [1.807, 2.05) is 12.1 Å². The standard InChI is InChI=1S/C9H10FN.ClH/c10-8-4-2-1-3-7(8)9-5-6-11-9;/h1-4,9,11H,5-6H2;1H/t9-;/m0./s1. The van der Waals surface area contributed by atoms with E-state index in [0.717, 1.165) is 18.5 Å². The Morgan fingerprint density at radius 3 is 2.50 bits per heavy atom. The molecule has 0 aliphatic carbocycles. The van der Waals surface area contributed by atoms with Gasteiger partial charge in [-0.05, 0) is 19.0 Å². The van der Waals surface area contributed by atoms with Gasteiger partial charge in [0.1, 0.15) is 5.82 Å². The maximum absolute atomic E-state index is 13.0. The average Bonchev–Trinajstić information content (AvgIpc) is 1.90. The molecule has 0 amide bonds. The van der Waals surface area contributed by atoms with Crippen LogP contribution in [0.15, 0.2) is 24.3 Å². The van der Waals surface area contributed by atoms with Crippen LogP contribution in [0.1, 0.15) is 18.0 Å². The summed E-state index contributed by atoms with van der Waals surface area (Å²) in [6.45, 7) is 1.01. The monoisotopic (exact) mass is 187 g/mol. The van der Waals surface area contributed by atoms with Gasteiger partial charge >= 0.3 is 0 Å². The predicted octanol–water partition coefficient (Wildman–Crippen LogP) is 2.28. The second-order valence-electron chi connectivity index (χ2n) is 2.82. The molecule has 1 aliphatic heterocycles. The lowest BCUT2D eigenvalue weighted by molar-refractivity contribution is 0.370. The van der Waals surface area contributed by atoms with E-state index >= 15 is 0 Å². The maximum Gasteiger partial charge on any atom is 0.127 e. The molecule has 0 radical (unpaired) electrons. The van der Waals surface area contributed by atoms with E-state index in [0.29, 0.717) is 0 Å². The molecule has 2 rings (SSSR count). The minimum Gasteiger partial charge on any atom is -0.310 e. The summed E-state index contributed by atoms with van der Waals surface area (Å²) in [5, 5.41) is 3.16. The van der Waals surface area contributed by atoms with Crippen molar-refractivity contribution in [3.63, 3.8) is 0 Å². The fraction of sp³-hybridized carbons (Fsp3) is 0.333. The summed E-state index contributed by atoms with van der Waals surface area (Å²) in [4.78, 5) is 0. The Morgan fingerprint density at radius 1 is 1.33 bits per heavy atom. The van der Waals surface area contributed by atoms with Gasteiger partial charge in [-0.3, -0.25) is 0 Å². The van der Waals surface area contributed by atoms with Crippen molar-refractivity contribution in [2.24, 2.45) is 0 Å². The third-order valence-corrected chi connectivity index (χ3v) is 2.10. The molecule has 3 heteroatoms. The van der Waals surface area contributed by atoms with Crippen molar-refractivity contribution in [1.29, 1.82) is 0 Å². The topological polar surface area (TPSA) is 12.0 Å². The number of nitrogens with one attached hydrogen (secondary N) is 1. The second-order valence-corrected chi connectivity index (χ2v) is 2.82. The van der Waals surface area contributed by atoms with E-state index in [4.69, 9.17) is 0 Å². The first-order valence-corrected chi connectivity index (χ1v) is 3.86. The van der Waals surface area contributed by atoms with E-state index in [-0.39, 0.29) is 24.3 Å². The zero-order valence-corrected chi connectivity index (χ0v) is 7.40. The molecule has 1 fully saturated rings. The molecule has 66 valence electrons. The molecule has 0 aromatic heterocycles. The van der Waals surface area contributed by atoms with E-state index in [9.17, 15) is 4.39 Å². The Bertz CT molecular complexity index is 260. The Balaban J connectivity index is 0.000000720. The summed E-state index contributed by atoms with van der Waals surface area (Å²) >= 11 is 0. The summed E-state index contributed by atoms with van der Waals surface area (Å²) in [6, 6.07) is 7.20. The van der Waals surface area contributed by atoms with Gasteiger partial charge in [-0.2, -0.15) is 0 Å². The highest BCUT2D eigenvalue weighted by atomic mass is 35.5. The van der Waals surface area contributed by atoms with Gasteiger partial charge in [-0.15, -0.1) is 12.4 Å². The van der Waals surface area contributed by atoms with Crippen molar-refractivity contribution in [2.75, 3.05) is 6.54 Å². The molecular weight excluding hydrogens is 177 g/mol. The average molecular weight is 188 g/mol. The van der Waals surface area contributed by atoms with Crippen LogP contribution in [-0.4, -0.2) is 6.54 Å². The van der Waals surface area contributed by atoms with Crippen LogP contribution in [0.25, 0.3) is 0 Å². The first-order valence-electron chi connectivity index (χ1n) is 3.86. The number of rotatable bonds is 1. The van der Waals surface area contributed by atoms with Gasteiger partial charge in [0.2, 0.25) is 0 Å². The largest absolute Gasteiger partial charge is 0.310 e. The normalized spacial score (nSPS) is 20.9. The molecule has 1 heterocycles. The van der Waals surface area contributed by atoms with Gasteiger partial charge in [-0.25, -0.2) is 4.39 Å². The molecule has 1 aliphatic rings. The highest BCUT2D eigenvalue weighted by molar-refractivity contribution is 5.85. The number of hydrogen-bond donors (Lipinski definition) is 1. The van der Waals surface area contributed by atoms with Crippen molar-refractivity contribution in [3.05, 3.63) is 35.6 Å². The van der Waals surface area contributed by atoms with Crippen LogP contribution in [0.2, 0.25) is 0 Å². The van der Waals surface area contributed by atoms with Crippen molar-refractivity contribution < 1.29 is 4.39 Å². The quantitative estimate of drug-likeness (QED) is 0.712. The van der Waals surface area contributed by atoms with Crippen LogP contribution < -0.4 is 5.32 Å². The third kappa shape index (κ3) is 1.59. The van der Waals surface area contributed by atoms with Crippen LogP contribution in [0, 0.1) is 5.82 Å². The Morgan fingerprint density at radius 2 is 2.00 bits per heavy atom. The van der Waals surface area contributed by atoms with Crippen LogP contribution in [0.4, 0.5) is 4.39 Å². The van der Waals surface area contributed by atoms with Gasteiger partial charge in [0.15, 0.2) is 0 Å². The minimum atomic E-state index is -0.0929. The Hall–Kier alpha value is -0.600.